The summed E-state index contributed by atoms with van der Waals surface area (Å²) in [5.74, 6) is 1.21. The van der Waals surface area contributed by atoms with Gasteiger partial charge in [-0.25, -0.2) is 9.97 Å². The average molecular weight is 436 g/mol. The molecule has 2 aromatic carbocycles. The van der Waals surface area contributed by atoms with E-state index in [1.54, 1.807) is 12.1 Å². The molecule has 0 spiro atoms. The van der Waals surface area contributed by atoms with Crippen LogP contribution in [0.5, 0.6) is 0 Å². The molecule has 0 bridgehead atoms. The van der Waals surface area contributed by atoms with Crippen molar-refractivity contribution in [3.63, 3.8) is 0 Å². The molecule has 3 heterocycles. The van der Waals surface area contributed by atoms with Gasteiger partial charge in [-0.1, -0.05) is 11.6 Å². The highest BCUT2D eigenvalue weighted by Gasteiger charge is 2.21. The van der Waals surface area contributed by atoms with Crippen molar-refractivity contribution >= 4 is 28.5 Å². The molecule has 7 nitrogen and oxygen atoms in total. The summed E-state index contributed by atoms with van der Waals surface area (Å²) < 4.78 is 8.04. The van der Waals surface area contributed by atoms with Crippen LogP contribution in [0.2, 0.25) is 5.02 Å². The largest absolute Gasteiger partial charge is 0.376 e. The molecular formula is C23H22ClN5O2. The topological polar surface area (TPSA) is 98.8 Å². The second-order valence-corrected chi connectivity index (χ2v) is 8.22. The number of carbonyl (C=O) groups is 1. The van der Waals surface area contributed by atoms with E-state index in [-0.39, 0.29) is 6.10 Å². The van der Waals surface area contributed by atoms with Crippen molar-refractivity contribution in [1.29, 1.82) is 0 Å². The SMILES string of the molecule is NC(=O)c1ccc2c(c1)nc(Cc1cnc(-c3ccc(Cl)cc3)[nH]1)n2CC1CCCO1. The first-order valence-electron chi connectivity index (χ1n) is 10.3. The molecule has 1 amide bonds. The quantitative estimate of drug-likeness (QED) is 0.479. The number of halogens is 1. The summed E-state index contributed by atoms with van der Waals surface area (Å²) in [4.78, 5) is 24.3. The summed E-state index contributed by atoms with van der Waals surface area (Å²) in [5.41, 5.74) is 9.54. The smallest absolute Gasteiger partial charge is 0.248 e. The van der Waals surface area contributed by atoms with Crippen molar-refractivity contribution in [2.24, 2.45) is 5.73 Å². The standard InChI is InChI=1S/C23H22ClN5O2/c24-16-6-3-14(4-7-16)23-26-12-17(27-23)11-21-28-19-10-15(22(25)30)5-8-20(19)29(21)13-18-2-1-9-31-18/h3-8,10,12,18H,1-2,9,11,13H2,(H2,25,30)(H,26,27). The number of aromatic amines is 1. The maximum absolute atomic E-state index is 11.6. The van der Waals surface area contributed by atoms with E-state index < -0.39 is 5.91 Å². The summed E-state index contributed by atoms with van der Waals surface area (Å²) in [6, 6.07) is 13.0. The number of hydrogen-bond donors (Lipinski definition) is 2. The number of H-pyrrole nitrogens is 1. The molecule has 1 saturated heterocycles. The van der Waals surface area contributed by atoms with E-state index in [0.29, 0.717) is 17.0 Å². The normalized spacial score (nSPS) is 16.2. The summed E-state index contributed by atoms with van der Waals surface area (Å²) in [6.07, 6.45) is 4.67. The molecule has 2 aromatic heterocycles. The molecule has 4 aromatic rings. The molecule has 1 fully saturated rings. The number of aromatic nitrogens is 4. The molecule has 0 radical (unpaired) electrons. The molecule has 3 N–H and O–H groups in total. The third-order valence-electron chi connectivity index (χ3n) is 5.62. The molecule has 1 aliphatic rings. The Labute approximate surface area is 184 Å². The second kappa shape index (κ2) is 8.17. The summed E-state index contributed by atoms with van der Waals surface area (Å²) in [6.45, 7) is 1.52. The molecule has 1 unspecified atom stereocenters. The van der Waals surface area contributed by atoms with E-state index in [4.69, 9.17) is 27.1 Å². The van der Waals surface area contributed by atoms with Gasteiger partial charge in [0.1, 0.15) is 11.6 Å². The number of fused-ring (bicyclic) bond motifs is 1. The van der Waals surface area contributed by atoms with Gasteiger partial charge in [-0.05, 0) is 55.3 Å². The number of ether oxygens (including phenoxy) is 1. The van der Waals surface area contributed by atoms with E-state index in [1.165, 1.54) is 0 Å². The van der Waals surface area contributed by atoms with Crippen molar-refractivity contribution in [3.8, 4) is 11.4 Å². The Kier molecular flexibility index (Phi) is 5.21. The fraction of sp³-hybridized carbons (Fsp3) is 0.261. The van der Waals surface area contributed by atoms with Gasteiger partial charge < -0.3 is 20.0 Å². The molecule has 0 saturated carbocycles. The maximum Gasteiger partial charge on any atom is 0.248 e. The number of nitrogens with two attached hydrogens (primary N) is 1. The fourth-order valence-electron chi connectivity index (χ4n) is 4.04. The molecule has 1 atom stereocenters. The number of imidazole rings is 2. The maximum atomic E-state index is 11.6. The highest BCUT2D eigenvalue weighted by atomic mass is 35.5. The van der Waals surface area contributed by atoms with Crippen LogP contribution in [0.25, 0.3) is 22.4 Å². The molecule has 0 aliphatic carbocycles. The Bertz CT molecular complexity index is 1240. The minimum atomic E-state index is -0.460. The van der Waals surface area contributed by atoms with Gasteiger partial charge in [0, 0.05) is 41.1 Å². The third kappa shape index (κ3) is 4.06. The van der Waals surface area contributed by atoms with Crippen LogP contribution >= 0.6 is 11.6 Å². The van der Waals surface area contributed by atoms with Gasteiger partial charge in [0.15, 0.2) is 0 Å². The van der Waals surface area contributed by atoms with Gasteiger partial charge in [0.05, 0.1) is 23.7 Å². The predicted octanol–water partition coefficient (Wildman–Crippen LogP) is 3.95. The summed E-state index contributed by atoms with van der Waals surface area (Å²) in [5, 5.41) is 0.689. The Balaban J connectivity index is 1.49. The first-order valence-corrected chi connectivity index (χ1v) is 10.6. The molecular weight excluding hydrogens is 414 g/mol. The van der Waals surface area contributed by atoms with Crippen molar-refractivity contribution < 1.29 is 9.53 Å². The summed E-state index contributed by atoms with van der Waals surface area (Å²) >= 11 is 5.99. The highest BCUT2D eigenvalue weighted by Crippen LogP contribution is 2.24. The van der Waals surface area contributed by atoms with Crippen LogP contribution in [-0.4, -0.2) is 38.1 Å². The lowest BCUT2D eigenvalue weighted by molar-refractivity contribution is 0.0972. The Morgan fingerprint density at radius 2 is 2.10 bits per heavy atom. The second-order valence-electron chi connectivity index (χ2n) is 7.78. The first kappa shape index (κ1) is 19.8. The monoisotopic (exact) mass is 435 g/mol. The zero-order valence-electron chi connectivity index (χ0n) is 16.8. The van der Waals surface area contributed by atoms with Gasteiger partial charge in [0.25, 0.3) is 0 Å². The molecule has 158 valence electrons. The van der Waals surface area contributed by atoms with Crippen LogP contribution in [0.4, 0.5) is 0 Å². The van der Waals surface area contributed by atoms with Gasteiger partial charge in [-0.2, -0.15) is 0 Å². The lowest BCUT2D eigenvalue weighted by atomic mass is 10.2. The zero-order valence-corrected chi connectivity index (χ0v) is 17.6. The minimum Gasteiger partial charge on any atom is -0.376 e. The fourth-order valence-corrected chi connectivity index (χ4v) is 4.16. The number of nitrogens with one attached hydrogen (secondary N) is 1. The number of amides is 1. The Morgan fingerprint density at radius 1 is 1.26 bits per heavy atom. The lowest BCUT2D eigenvalue weighted by Gasteiger charge is -2.14. The number of nitrogens with zero attached hydrogens (tertiary/aromatic N) is 3. The van der Waals surface area contributed by atoms with Crippen LogP contribution in [0.1, 0.15) is 34.7 Å². The van der Waals surface area contributed by atoms with Gasteiger partial charge in [-0.3, -0.25) is 4.79 Å². The van der Waals surface area contributed by atoms with Crippen LogP contribution < -0.4 is 5.73 Å². The Morgan fingerprint density at radius 3 is 2.84 bits per heavy atom. The van der Waals surface area contributed by atoms with E-state index in [0.717, 1.165) is 59.9 Å². The van der Waals surface area contributed by atoms with Crippen LogP contribution in [0, 0.1) is 0 Å². The zero-order chi connectivity index (χ0) is 21.4. The van der Waals surface area contributed by atoms with Crippen molar-refractivity contribution in [3.05, 3.63) is 70.8 Å². The van der Waals surface area contributed by atoms with E-state index >= 15 is 0 Å². The van der Waals surface area contributed by atoms with E-state index in [1.807, 2.05) is 36.5 Å². The van der Waals surface area contributed by atoms with Crippen molar-refractivity contribution in [2.75, 3.05) is 6.61 Å². The molecule has 8 heteroatoms. The molecule has 1 aliphatic heterocycles. The lowest BCUT2D eigenvalue weighted by Crippen LogP contribution is -2.17. The van der Waals surface area contributed by atoms with Crippen molar-refractivity contribution in [1.82, 2.24) is 19.5 Å². The number of hydrogen-bond acceptors (Lipinski definition) is 4. The van der Waals surface area contributed by atoms with Gasteiger partial charge in [-0.15, -0.1) is 0 Å². The predicted molar refractivity (Wildman–Crippen MR) is 119 cm³/mol. The van der Waals surface area contributed by atoms with Gasteiger partial charge in [0.2, 0.25) is 5.91 Å². The highest BCUT2D eigenvalue weighted by molar-refractivity contribution is 6.30. The third-order valence-corrected chi connectivity index (χ3v) is 5.87. The van der Waals surface area contributed by atoms with E-state index in [2.05, 4.69) is 14.5 Å². The van der Waals surface area contributed by atoms with E-state index in [9.17, 15) is 4.79 Å². The number of benzene rings is 2. The van der Waals surface area contributed by atoms with Crippen LogP contribution in [-0.2, 0) is 17.7 Å². The van der Waals surface area contributed by atoms with Gasteiger partial charge >= 0.3 is 0 Å². The molecule has 5 rings (SSSR count). The van der Waals surface area contributed by atoms with Crippen LogP contribution in [0.15, 0.2) is 48.7 Å². The molecule has 31 heavy (non-hydrogen) atoms. The number of rotatable bonds is 6. The Hall–Kier alpha value is -3.16. The minimum absolute atomic E-state index is 0.165. The number of carbonyl (C=O) groups excluding carboxylic acids is 1. The summed E-state index contributed by atoms with van der Waals surface area (Å²) in [7, 11) is 0. The average Bonchev–Trinajstić information content (AvgIpc) is 3.50. The first-order chi connectivity index (χ1) is 15.1. The van der Waals surface area contributed by atoms with Crippen molar-refractivity contribution in [2.45, 2.75) is 31.9 Å². The van der Waals surface area contributed by atoms with Crippen LogP contribution in [0.3, 0.4) is 0 Å². The number of primary amides is 1.